The van der Waals surface area contributed by atoms with E-state index in [1.54, 1.807) is 13.0 Å². The van der Waals surface area contributed by atoms with Gasteiger partial charge in [0.25, 0.3) is 0 Å². The van der Waals surface area contributed by atoms with E-state index in [1.807, 2.05) is 13.8 Å². The zero-order valence-corrected chi connectivity index (χ0v) is 13.2. The molecular formula is C12H19NO4S2. The van der Waals surface area contributed by atoms with Gasteiger partial charge in [0, 0.05) is 16.3 Å². The maximum atomic E-state index is 12.5. The van der Waals surface area contributed by atoms with Gasteiger partial charge in [-0.25, -0.2) is 8.42 Å². The van der Waals surface area contributed by atoms with Crippen LogP contribution in [0.5, 0.6) is 0 Å². The predicted octanol–water partition coefficient (Wildman–Crippen LogP) is 1.94. The molecule has 1 heterocycles. The summed E-state index contributed by atoms with van der Waals surface area (Å²) < 4.78 is 30.8. The Balaban J connectivity index is 3.12. The van der Waals surface area contributed by atoms with Gasteiger partial charge in [0.05, 0.1) is 12.0 Å². The Morgan fingerprint density at radius 3 is 2.47 bits per heavy atom. The summed E-state index contributed by atoms with van der Waals surface area (Å²) in [7, 11) is -2.39. The average Bonchev–Trinajstić information content (AvgIpc) is 2.68. The molecule has 0 unspecified atom stereocenters. The normalized spacial score (nSPS) is 11.8. The van der Waals surface area contributed by atoms with E-state index in [2.05, 4.69) is 4.74 Å². The average molecular weight is 305 g/mol. The first kappa shape index (κ1) is 16.1. The van der Waals surface area contributed by atoms with E-state index in [9.17, 15) is 13.2 Å². The fourth-order valence-corrected chi connectivity index (χ4v) is 4.75. The van der Waals surface area contributed by atoms with E-state index in [1.165, 1.54) is 22.8 Å². The lowest BCUT2D eigenvalue weighted by molar-refractivity contribution is -0.140. The molecule has 7 heteroatoms. The summed E-state index contributed by atoms with van der Waals surface area (Å²) >= 11 is 1.43. The predicted molar refractivity (Wildman–Crippen MR) is 74.9 cm³/mol. The number of hydrogen-bond donors (Lipinski definition) is 0. The van der Waals surface area contributed by atoms with Crippen LogP contribution in [0, 0.1) is 13.8 Å². The zero-order chi connectivity index (χ0) is 14.6. The van der Waals surface area contributed by atoms with Crippen LogP contribution in [0.15, 0.2) is 11.0 Å². The minimum atomic E-state index is -3.64. The lowest BCUT2D eigenvalue weighted by Crippen LogP contribution is -2.36. The number of methoxy groups -OCH3 is 1. The highest BCUT2D eigenvalue weighted by Crippen LogP contribution is 2.27. The summed E-state index contributed by atoms with van der Waals surface area (Å²) in [5.41, 5.74) is 0. The number of thiophene rings is 1. The molecule has 0 saturated carbocycles. The van der Waals surface area contributed by atoms with Crippen molar-refractivity contribution in [1.82, 2.24) is 4.31 Å². The number of ether oxygens (including phenoxy) is 1. The van der Waals surface area contributed by atoms with E-state index >= 15 is 0 Å². The summed E-state index contributed by atoms with van der Waals surface area (Å²) in [5, 5.41) is 0. The first-order valence-corrected chi connectivity index (χ1v) is 8.22. The molecule has 0 N–H and O–H groups in total. The van der Waals surface area contributed by atoms with Crippen molar-refractivity contribution in [1.29, 1.82) is 0 Å². The Hall–Kier alpha value is -0.920. The number of aryl methyl sites for hydroxylation is 2. The summed E-state index contributed by atoms with van der Waals surface area (Å²) in [6.45, 7) is 5.55. The van der Waals surface area contributed by atoms with Crippen molar-refractivity contribution in [2.75, 3.05) is 20.2 Å². The molecule has 0 amide bonds. The van der Waals surface area contributed by atoms with Crippen LogP contribution in [0.4, 0.5) is 0 Å². The number of esters is 1. The molecule has 5 nitrogen and oxygen atoms in total. The molecular weight excluding hydrogens is 286 g/mol. The minimum absolute atomic E-state index is 0.249. The van der Waals surface area contributed by atoms with E-state index in [4.69, 9.17) is 0 Å². The van der Waals surface area contributed by atoms with Crippen LogP contribution >= 0.6 is 11.3 Å². The summed E-state index contributed by atoms with van der Waals surface area (Å²) in [4.78, 5) is 13.3. The van der Waals surface area contributed by atoms with Crippen molar-refractivity contribution in [3.05, 3.63) is 15.8 Å². The van der Waals surface area contributed by atoms with E-state index in [-0.39, 0.29) is 11.4 Å². The number of carbonyl (C=O) groups excluding carboxylic acids is 1. The topological polar surface area (TPSA) is 63.7 Å². The highest BCUT2D eigenvalue weighted by Gasteiger charge is 2.28. The Labute approximate surface area is 118 Å². The van der Waals surface area contributed by atoms with Gasteiger partial charge in [-0.2, -0.15) is 4.31 Å². The Morgan fingerprint density at radius 2 is 2.05 bits per heavy atom. The second-order valence-corrected chi connectivity index (χ2v) is 7.56. The van der Waals surface area contributed by atoms with Gasteiger partial charge in [-0.15, -0.1) is 11.3 Å². The molecule has 0 fully saturated rings. The van der Waals surface area contributed by atoms with Gasteiger partial charge in [-0.05, 0) is 26.3 Å². The Morgan fingerprint density at radius 1 is 1.42 bits per heavy atom. The van der Waals surface area contributed by atoms with Crippen molar-refractivity contribution in [3.63, 3.8) is 0 Å². The van der Waals surface area contributed by atoms with Crippen LogP contribution in [-0.4, -0.2) is 38.9 Å². The van der Waals surface area contributed by atoms with Crippen LogP contribution in [0.25, 0.3) is 0 Å². The van der Waals surface area contributed by atoms with Crippen LogP contribution < -0.4 is 0 Å². The molecule has 108 valence electrons. The number of rotatable bonds is 6. The van der Waals surface area contributed by atoms with Crippen LogP contribution in [0.2, 0.25) is 0 Å². The molecule has 0 bridgehead atoms. The van der Waals surface area contributed by atoms with Gasteiger partial charge >= 0.3 is 5.97 Å². The van der Waals surface area contributed by atoms with Crippen LogP contribution in [0.3, 0.4) is 0 Å². The maximum Gasteiger partial charge on any atom is 0.321 e. The van der Waals surface area contributed by atoms with Gasteiger partial charge in [-0.3, -0.25) is 4.79 Å². The standard InChI is InChI=1S/C12H19NO4S2/c1-5-6-13(8-12(14)17-4)19(15,16)11-7-9(2)18-10(11)3/h7H,5-6,8H2,1-4H3. The fraction of sp³-hybridized carbons (Fsp3) is 0.583. The summed E-state index contributed by atoms with van der Waals surface area (Å²) in [6, 6.07) is 1.65. The van der Waals surface area contributed by atoms with Crippen LogP contribution in [0.1, 0.15) is 23.1 Å². The van der Waals surface area contributed by atoms with Crippen molar-refractivity contribution in [3.8, 4) is 0 Å². The molecule has 0 aliphatic carbocycles. The quantitative estimate of drug-likeness (QED) is 0.753. The van der Waals surface area contributed by atoms with Gasteiger partial charge in [0.15, 0.2) is 0 Å². The van der Waals surface area contributed by atoms with Gasteiger partial charge in [0.2, 0.25) is 10.0 Å². The Kier molecular flexibility index (Phi) is 5.51. The second-order valence-electron chi connectivity index (χ2n) is 4.19. The van der Waals surface area contributed by atoms with Gasteiger partial charge < -0.3 is 4.74 Å². The second kappa shape index (κ2) is 6.49. The van der Waals surface area contributed by atoms with Gasteiger partial charge in [0.1, 0.15) is 6.54 Å². The molecule has 0 aliphatic heterocycles. The van der Waals surface area contributed by atoms with Crippen molar-refractivity contribution in [2.45, 2.75) is 32.1 Å². The first-order valence-electron chi connectivity index (χ1n) is 5.97. The molecule has 1 aromatic rings. The third-order valence-corrected chi connectivity index (χ3v) is 5.69. The molecule has 19 heavy (non-hydrogen) atoms. The summed E-state index contributed by atoms with van der Waals surface area (Å²) in [5.74, 6) is -0.554. The van der Waals surface area contributed by atoms with E-state index in [0.29, 0.717) is 13.0 Å². The monoisotopic (exact) mass is 305 g/mol. The number of nitrogens with zero attached hydrogens (tertiary/aromatic N) is 1. The number of sulfonamides is 1. The maximum absolute atomic E-state index is 12.5. The third kappa shape index (κ3) is 3.77. The molecule has 0 radical (unpaired) electrons. The minimum Gasteiger partial charge on any atom is -0.468 e. The van der Waals surface area contributed by atoms with Crippen molar-refractivity contribution < 1.29 is 17.9 Å². The first-order chi connectivity index (χ1) is 8.82. The van der Waals surface area contributed by atoms with Crippen molar-refractivity contribution in [2.24, 2.45) is 0 Å². The molecule has 0 aromatic carbocycles. The molecule has 1 aromatic heterocycles. The fourth-order valence-electron chi connectivity index (χ4n) is 1.74. The molecule has 0 aliphatic rings. The highest BCUT2D eigenvalue weighted by atomic mass is 32.2. The molecule has 0 spiro atoms. The SMILES string of the molecule is CCCN(CC(=O)OC)S(=O)(=O)c1cc(C)sc1C. The number of hydrogen-bond acceptors (Lipinski definition) is 5. The van der Waals surface area contributed by atoms with E-state index < -0.39 is 16.0 Å². The largest absolute Gasteiger partial charge is 0.468 e. The lowest BCUT2D eigenvalue weighted by Gasteiger charge is -2.20. The van der Waals surface area contributed by atoms with Crippen LogP contribution in [-0.2, 0) is 19.6 Å². The smallest absolute Gasteiger partial charge is 0.321 e. The van der Waals surface area contributed by atoms with Crippen molar-refractivity contribution >= 4 is 27.3 Å². The Bertz CT molecular complexity index is 548. The molecule has 0 atom stereocenters. The third-order valence-electron chi connectivity index (χ3n) is 2.62. The molecule has 1 rings (SSSR count). The lowest BCUT2D eigenvalue weighted by atomic mass is 10.4. The zero-order valence-electron chi connectivity index (χ0n) is 11.6. The van der Waals surface area contributed by atoms with Gasteiger partial charge in [-0.1, -0.05) is 6.92 Å². The molecule has 0 saturated heterocycles. The van der Waals surface area contributed by atoms with E-state index in [0.717, 1.165) is 9.75 Å². The highest BCUT2D eigenvalue weighted by molar-refractivity contribution is 7.89. The summed E-state index contributed by atoms with van der Waals surface area (Å²) in [6.07, 6.45) is 0.637. The number of carbonyl (C=O) groups is 1.